The van der Waals surface area contributed by atoms with E-state index in [0.717, 1.165) is 32.2 Å². The van der Waals surface area contributed by atoms with Crippen molar-refractivity contribution in [1.29, 1.82) is 0 Å². The zero-order valence-electron chi connectivity index (χ0n) is 10.1. The van der Waals surface area contributed by atoms with Crippen LogP contribution >= 0.6 is 0 Å². The lowest BCUT2D eigenvalue weighted by atomic mass is 10.0. The fourth-order valence-electron chi connectivity index (χ4n) is 2.23. The first-order valence-corrected chi connectivity index (χ1v) is 6.27. The van der Waals surface area contributed by atoms with Gasteiger partial charge in [-0.25, -0.2) is 0 Å². The van der Waals surface area contributed by atoms with Crippen molar-refractivity contribution >= 4 is 0 Å². The van der Waals surface area contributed by atoms with Crippen molar-refractivity contribution in [2.24, 2.45) is 0 Å². The first kappa shape index (κ1) is 12.1. The number of aromatic nitrogens is 2. The number of nitrogens with one attached hydrogen (secondary N) is 2. The van der Waals surface area contributed by atoms with Gasteiger partial charge < -0.3 is 15.4 Å². The van der Waals surface area contributed by atoms with Crippen LogP contribution in [-0.2, 0) is 6.42 Å². The molecule has 0 saturated carbocycles. The third-order valence-electron chi connectivity index (χ3n) is 3.15. The second-order valence-electron chi connectivity index (χ2n) is 4.51. The van der Waals surface area contributed by atoms with E-state index in [9.17, 15) is 9.90 Å². The SMILES string of the molecule is CCCc1c(O)nc(C2CCCCN2)[nH]c1=O. The summed E-state index contributed by atoms with van der Waals surface area (Å²) in [4.78, 5) is 18.7. The van der Waals surface area contributed by atoms with E-state index in [0.29, 0.717) is 17.8 Å². The van der Waals surface area contributed by atoms with Crippen LogP contribution in [-0.4, -0.2) is 21.6 Å². The fourth-order valence-corrected chi connectivity index (χ4v) is 2.23. The summed E-state index contributed by atoms with van der Waals surface area (Å²) in [5, 5.41) is 13.1. The smallest absolute Gasteiger partial charge is 0.257 e. The van der Waals surface area contributed by atoms with Gasteiger partial charge in [-0.15, -0.1) is 0 Å². The predicted molar refractivity (Wildman–Crippen MR) is 65.1 cm³/mol. The van der Waals surface area contributed by atoms with Crippen molar-refractivity contribution < 1.29 is 5.11 Å². The molecule has 0 aromatic carbocycles. The summed E-state index contributed by atoms with van der Waals surface area (Å²) in [7, 11) is 0. The number of aromatic amines is 1. The third kappa shape index (κ3) is 2.66. The lowest BCUT2D eigenvalue weighted by Gasteiger charge is -2.22. The molecule has 3 N–H and O–H groups in total. The van der Waals surface area contributed by atoms with E-state index in [2.05, 4.69) is 15.3 Å². The molecule has 5 nitrogen and oxygen atoms in total. The number of hydrogen-bond acceptors (Lipinski definition) is 4. The molecule has 2 heterocycles. The molecule has 1 unspecified atom stereocenters. The Morgan fingerprint density at radius 3 is 2.88 bits per heavy atom. The fraction of sp³-hybridized carbons (Fsp3) is 0.667. The number of nitrogens with zero attached hydrogens (tertiary/aromatic N) is 1. The number of aromatic hydroxyl groups is 1. The van der Waals surface area contributed by atoms with Crippen molar-refractivity contribution in [3.8, 4) is 5.88 Å². The van der Waals surface area contributed by atoms with Gasteiger partial charge in [0.2, 0.25) is 5.88 Å². The highest BCUT2D eigenvalue weighted by molar-refractivity contribution is 5.23. The molecule has 94 valence electrons. The highest BCUT2D eigenvalue weighted by Gasteiger charge is 2.19. The molecule has 0 bridgehead atoms. The van der Waals surface area contributed by atoms with Gasteiger partial charge in [0.1, 0.15) is 5.82 Å². The molecule has 1 atom stereocenters. The zero-order valence-corrected chi connectivity index (χ0v) is 10.1. The van der Waals surface area contributed by atoms with Gasteiger partial charge in [-0.3, -0.25) is 4.79 Å². The van der Waals surface area contributed by atoms with Gasteiger partial charge in [0.25, 0.3) is 5.56 Å². The average molecular weight is 237 g/mol. The molecule has 17 heavy (non-hydrogen) atoms. The Balaban J connectivity index is 2.27. The predicted octanol–water partition coefficient (Wildman–Crippen LogP) is 1.24. The van der Waals surface area contributed by atoms with Gasteiger partial charge in [-0.05, 0) is 25.8 Å². The van der Waals surface area contributed by atoms with Crippen LogP contribution in [0.3, 0.4) is 0 Å². The maximum absolute atomic E-state index is 11.8. The van der Waals surface area contributed by atoms with Crippen LogP contribution in [0.15, 0.2) is 4.79 Å². The summed E-state index contributed by atoms with van der Waals surface area (Å²) in [5.74, 6) is 0.449. The molecule has 1 saturated heterocycles. The second-order valence-corrected chi connectivity index (χ2v) is 4.51. The lowest BCUT2D eigenvalue weighted by Crippen LogP contribution is -2.30. The molecule has 0 spiro atoms. The number of H-pyrrole nitrogens is 1. The standard InChI is InChI=1S/C12H19N3O2/c1-2-5-8-11(16)14-10(15-12(8)17)9-6-3-4-7-13-9/h9,13H,2-7H2,1H3,(H2,14,15,16,17). The summed E-state index contributed by atoms with van der Waals surface area (Å²) < 4.78 is 0. The molecule has 0 aliphatic carbocycles. The average Bonchev–Trinajstić information content (AvgIpc) is 2.35. The molecule has 2 rings (SSSR count). The summed E-state index contributed by atoms with van der Waals surface area (Å²) >= 11 is 0. The monoisotopic (exact) mass is 237 g/mol. The Morgan fingerprint density at radius 2 is 2.29 bits per heavy atom. The van der Waals surface area contributed by atoms with E-state index < -0.39 is 0 Å². The second kappa shape index (κ2) is 5.31. The Hall–Kier alpha value is -1.36. The van der Waals surface area contributed by atoms with Crippen LogP contribution in [0.5, 0.6) is 5.88 Å². The van der Waals surface area contributed by atoms with E-state index in [1.54, 1.807) is 0 Å². The first-order valence-electron chi connectivity index (χ1n) is 6.27. The van der Waals surface area contributed by atoms with Crippen LogP contribution in [0.2, 0.25) is 0 Å². The van der Waals surface area contributed by atoms with Crippen molar-refractivity contribution in [2.75, 3.05) is 6.54 Å². The highest BCUT2D eigenvalue weighted by atomic mass is 16.3. The van der Waals surface area contributed by atoms with Crippen LogP contribution in [0.25, 0.3) is 0 Å². The van der Waals surface area contributed by atoms with Gasteiger partial charge in [0.15, 0.2) is 0 Å². The van der Waals surface area contributed by atoms with E-state index >= 15 is 0 Å². The van der Waals surface area contributed by atoms with Crippen LogP contribution < -0.4 is 10.9 Å². The molecule has 1 aromatic heterocycles. The zero-order chi connectivity index (χ0) is 12.3. The molecule has 0 radical (unpaired) electrons. The molecule has 0 amide bonds. The Bertz CT molecular complexity index is 436. The van der Waals surface area contributed by atoms with Gasteiger partial charge in [0.05, 0.1) is 11.6 Å². The quantitative estimate of drug-likeness (QED) is 0.739. The highest BCUT2D eigenvalue weighted by Crippen LogP contribution is 2.21. The first-order chi connectivity index (χ1) is 8.22. The van der Waals surface area contributed by atoms with E-state index in [1.807, 2.05) is 6.92 Å². The molecular formula is C12H19N3O2. The maximum atomic E-state index is 11.8. The van der Waals surface area contributed by atoms with Crippen molar-refractivity contribution in [1.82, 2.24) is 15.3 Å². The largest absolute Gasteiger partial charge is 0.493 e. The summed E-state index contributed by atoms with van der Waals surface area (Å²) in [6.07, 6.45) is 4.61. The molecule has 5 heteroatoms. The molecular weight excluding hydrogens is 218 g/mol. The summed E-state index contributed by atoms with van der Waals surface area (Å²) in [6, 6.07) is 0.0676. The normalized spacial score (nSPS) is 20.4. The van der Waals surface area contributed by atoms with E-state index in [-0.39, 0.29) is 17.5 Å². The van der Waals surface area contributed by atoms with Gasteiger partial charge in [-0.1, -0.05) is 19.8 Å². The number of rotatable bonds is 3. The maximum Gasteiger partial charge on any atom is 0.257 e. The minimum Gasteiger partial charge on any atom is -0.493 e. The van der Waals surface area contributed by atoms with E-state index in [4.69, 9.17) is 0 Å². The van der Waals surface area contributed by atoms with Crippen LogP contribution in [0.4, 0.5) is 0 Å². The third-order valence-corrected chi connectivity index (χ3v) is 3.15. The minimum atomic E-state index is -0.207. The van der Waals surface area contributed by atoms with Crippen LogP contribution in [0, 0.1) is 0 Å². The number of hydrogen-bond donors (Lipinski definition) is 3. The van der Waals surface area contributed by atoms with Crippen molar-refractivity contribution in [3.63, 3.8) is 0 Å². The number of piperidine rings is 1. The van der Waals surface area contributed by atoms with Crippen LogP contribution in [0.1, 0.15) is 50.0 Å². The Labute approximate surface area is 100 Å². The minimum absolute atomic E-state index is 0.0676. The molecule has 1 aliphatic rings. The lowest BCUT2D eigenvalue weighted by molar-refractivity contribution is 0.382. The summed E-state index contributed by atoms with van der Waals surface area (Å²) in [6.45, 7) is 2.90. The Kier molecular flexibility index (Phi) is 3.78. The van der Waals surface area contributed by atoms with Gasteiger partial charge in [0, 0.05) is 0 Å². The summed E-state index contributed by atoms with van der Waals surface area (Å²) in [5.41, 5.74) is 0.189. The van der Waals surface area contributed by atoms with Crippen molar-refractivity contribution in [3.05, 3.63) is 21.7 Å². The topological polar surface area (TPSA) is 78.0 Å². The van der Waals surface area contributed by atoms with Gasteiger partial charge in [-0.2, -0.15) is 4.98 Å². The van der Waals surface area contributed by atoms with Crippen molar-refractivity contribution in [2.45, 2.75) is 45.1 Å². The van der Waals surface area contributed by atoms with Gasteiger partial charge >= 0.3 is 0 Å². The molecule has 1 aromatic rings. The Morgan fingerprint density at radius 1 is 1.47 bits per heavy atom. The molecule has 1 fully saturated rings. The van der Waals surface area contributed by atoms with E-state index in [1.165, 1.54) is 0 Å². The molecule has 1 aliphatic heterocycles.